The number of likely N-dealkylation sites (N-methyl/N-ethyl adjacent to an activating group) is 1. The Morgan fingerprint density at radius 3 is 2.69 bits per heavy atom. The molecule has 2 aromatic carbocycles. The van der Waals surface area contributed by atoms with Gasteiger partial charge in [-0.1, -0.05) is 35.9 Å². The summed E-state index contributed by atoms with van der Waals surface area (Å²) in [6, 6.07) is 17.6. The zero-order chi connectivity index (χ0) is 25.4. The summed E-state index contributed by atoms with van der Waals surface area (Å²) in [5.74, 6) is 0.564. The molecule has 186 valence electrons. The third-order valence-electron chi connectivity index (χ3n) is 5.92. The van der Waals surface area contributed by atoms with Crippen molar-refractivity contribution in [2.24, 2.45) is 0 Å². The van der Waals surface area contributed by atoms with Crippen molar-refractivity contribution in [3.05, 3.63) is 71.9 Å². The molecule has 9 nitrogen and oxygen atoms in total. The van der Waals surface area contributed by atoms with Crippen LogP contribution in [0.4, 0.5) is 0 Å². The number of aliphatic hydroxyl groups is 1. The van der Waals surface area contributed by atoms with Crippen molar-refractivity contribution in [1.29, 1.82) is 4.78 Å². The number of pyridine rings is 1. The van der Waals surface area contributed by atoms with Crippen molar-refractivity contribution in [2.45, 2.75) is 25.5 Å². The van der Waals surface area contributed by atoms with Crippen molar-refractivity contribution in [2.75, 3.05) is 33.3 Å². The summed E-state index contributed by atoms with van der Waals surface area (Å²) in [6.45, 7) is 4.17. The van der Waals surface area contributed by atoms with Gasteiger partial charge < -0.3 is 14.7 Å². The third-order valence-corrected chi connectivity index (χ3v) is 5.92. The normalized spacial score (nSPS) is 16.3. The molecule has 0 aliphatic carbocycles. The molecule has 1 saturated heterocycles. The molecule has 1 aliphatic heterocycles. The molecule has 1 fully saturated rings. The monoisotopic (exact) mass is 498 g/mol. The zero-order valence-corrected chi connectivity index (χ0v) is 20.6. The molecule has 2 atom stereocenters. The van der Waals surface area contributed by atoms with E-state index in [-0.39, 0.29) is 24.7 Å². The Balaban J connectivity index is 0.000000795. The molecule has 1 aromatic heterocycles. The van der Waals surface area contributed by atoms with Crippen LogP contribution in [0.3, 0.4) is 0 Å². The molecule has 35 heavy (non-hydrogen) atoms. The minimum absolute atomic E-state index is 0.0462. The molecular weight excluding hydrogens is 468 g/mol. The Bertz CT molecular complexity index is 1260. The van der Waals surface area contributed by atoms with E-state index in [1.54, 1.807) is 11.1 Å². The fraction of sp³-hybridized carbons (Fsp3) is 0.360. The van der Waals surface area contributed by atoms with Crippen LogP contribution in [0, 0.1) is 11.7 Å². The van der Waals surface area contributed by atoms with Gasteiger partial charge in [0.05, 0.1) is 17.7 Å². The summed E-state index contributed by atoms with van der Waals surface area (Å²) >= 11 is 0. The number of benzene rings is 2. The molecule has 3 aromatic rings. The lowest BCUT2D eigenvalue weighted by Crippen LogP contribution is -2.41. The predicted octanol–water partition coefficient (Wildman–Crippen LogP) is 2.82. The maximum absolute atomic E-state index is 13.1. The molecule has 0 saturated carbocycles. The second-order valence-corrected chi connectivity index (χ2v) is 8.96. The van der Waals surface area contributed by atoms with Gasteiger partial charge in [-0.25, -0.2) is 0 Å². The van der Waals surface area contributed by atoms with Crippen LogP contribution < -0.4 is 4.74 Å². The number of rotatable bonds is 7. The number of aromatic nitrogens is 1. The maximum Gasteiger partial charge on any atom is 0.308 e. The number of likely N-dealkylation sites (tertiary alicyclic amines) is 1. The van der Waals surface area contributed by atoms with Crippen LogP contribution in [-0.2, 0) is 15.3 Å². The first-order valence-corrected chi connectivity index (χ1v) is 12.3. The van der Waals surface area contributed by atoms with Gasteiger partial charge in [0.25, 0.3) is 5.91 Å². The number of nitrogens with one attached hydrogen (secondary N) is 1. The average molecular weight is 499 g/mol. The first kappa shape index (κ1) is 26.3. The highest BCUT2D eigenvalue weighted by molar-refractivity contribution is 7.60. The van der Waals surface area contributed by atoms with E-state index in [1.807, 2.05) is 43.4 Å². The molecule has 1 unspecified atom stereocenters. The van der Waals surface area contributed by atoms with Crippen LogP contribution in [0.5, 0.6) is 5.75 Å². The molecule has 0 spiro atoms. The summed E-state index contributed by atoms with van der Waals surface area (Å²) in [5.41, 5.74) is 3.09. The number of aliphatic hydroxyl groups excluding tert-OH is 1. The first-order chi connectivity index (χ1) is 16.7. The van der Waals surface area contributed by atoms with E-state index in [9.17, 15) is 9.90 Å². The highest BCUT2D eigenvalue weighted by Crippen LogP contribution is 2.26. The summed E-state index contributed by atoms with van der Waals surface area (Å²) in [7, 11) is -0.782. The van der Waals surface area contributed by atoms with Crippen LogP contribution in [0.1, 0.15) is 23.6 Å². The zero-order valence-electron chi connectivity index (χ0n) is 19.8. The Morgan fingerprint density at radius 1 is 1.26 bits per heavy atom. The Hall–Kier alpha value is -3.34. The molecular formula is C25H30N4O5S. The van der Waals surface area contributed by atoms with E-state index >= 15 is 0 Å². The SMILES string of the molecule is Cc1cccc(C(CN2CC[C@H](O)C2)N(C)C(=O)COc2cccc3ncccc23)c1.N=S(=O)=O. The molecule has 4 rings (SSSR count). The Morgan fingerprint density at radius 2 is 2.00 bits per heavy atom. The minimum Gasteiger partial charge on any atom is -0.483 e. The van der Waals surface area contributed by atoms with E-state index in [4.69, 9.17) is 17.9 Å². The van der Waals surface area contributed by atoms with Crippen LogP contribution in [-0.4, -0.2) is 73.6 Å². The number of carbonyl (C=O) groups is 1. The highest BCUT2D eigenvalue weighted by atomic mass is 32.2. The fourth-order valence-electron chi connectivity index (χ4n) is 4.17. The van der Waals surface area contributed by atoms with Crippen molar-refractivity contribution in [3.63, 3.8) is 0 Å². The second-order valence-electron chi connectivity index (χ2n) is 8.49. The standard InChI is InChI=1S/C25H29N3O3.HNO2S/c1-18-6-3-7-19(14-18)23(16-28-13-11-20(29)15-28)27(2)25(30)17-31-24-10-4-9-22-21(24)8-5-12-26-22;1-4(2)3/h3-10,12,14,20,23,29H,11,13,15-17H2,1-2H3;1H/t20-,23?;/m0./s1. The average Bonchev–Trinajstić information content (AvgIpc) is 3.24. The van der Waals surface area contributed by atoms with Gasteiger partial charge in [0.1, 0.15) is 5.75 Å². The highest BCUT2D eigenvalue weighted by Gasteiger charge is 2.28. The van der Waals surface area contributed by atoms with Crippen molar-refractivity contribution >= 4 is 27.3 Å². The number of fused-ring (bicyclic) bond motifs is 1. The van der Waals surface area contributed by atoms with Crippen molar-refractivity contribution < 1.29 is 23.1 Å². The summed E-state index contributed by atoms with van der Waals surface area (Å²) in [4.78, 5) is 21.4. The molecule has 2 N–H and O–H groups in total. The van der Waals surface area contributed by atoms with Crippen LogP contribution in [0.15, 0.2) is 60.8 Å². The molecule has 0 bridgehead atoms. The largest absolute Gasteiger partial charge is 0.483 e. The van der Waals surface area contributed by atoms with E-state index in [1.165, 1.54) is 0 Å². The van der Waals surface area contributed by atoms with E-state index in [0.29, 0.717) is 18.8 Å². The topological polar surface area (TPSA) is 124 Å². The number of amides is 1. The van der Waals surface area contributed by atoms with Gasteiger partial charge in [-0.05, 0) is 43.2 Å². The fourth-order valence-corrected chi connectivity index (χ4v) is 4.17. The van der Waals surface area contributed by atoms with Crippen LogP contribution >= 0.6 is 0 Å². The smallest absolute Gasteiger partial charge is 0.308 e. The van der Waals surface area contributed by atoms with Gasteiger partial charge >= 0.3 is 10.5 Å². The molecule has 1 amide bonds. The lowest BCUT2D eigenvalue weighted by Gasteiger charge is -2.32. The number of ether oxygens (including phenoxy) is 1. The van der Waals surface area contributed by atoms with Gasteiger partial charge in [-0.3, -0.25) is 14.7 Å². The summed E-state index contributed by atoms with van der Waals surface area (Å²) < 4.78 is 28.7. The second kappa shape index (κ2) is 12.4. The van der Waals surface area contributed by atoms with Crippen molar-refractivity contribution in [1.82, 2.24) is 14.8 Å². The van der Waals surface area contributed by atoms with Crippen LogP contribution in [0.25, 0.3) is 10.9 Å². The lowest BCUT2D eigenvalue weighted by molar-refractivity contribution is -0.134. The van der Waals surface area contributed by atoms with Crippen LogP contribution in [0.2, 0.25) is 0 Å². The third kappa shape index (κ3) is 7.57. The van der Waals surface area contributed by atoms with E-state index in [2.05, 4.69) is 35.0 Å². The van der Waals surface area contributed by atoms with E-state index in [0.717, 1.165) is 35.0 Å². The quantitative estimate of drug-likeness (QED) is 0.513. The lowest BCUT2D eigenvalue weighted by atomic mass is 10.0. The predicted molar refractivity (Wildman–Crippen MR) is 133 cm³/mol. The van der Waals surface area contributed by atoms with Crippen molar-refractivity contribution in [3.8, 4) is 5.75 Å². The van der Waals surface area contributed by atoms with Gasteiger partial charge in [0.2, 0.25) is 0 Å². The van der Waals surface area contributed by atoms with Gasteiger partial charge in [0, 0.05) is 38.3 Å². The van der Waals surface area contributed by atoms with Gasteiger partial charge in [0.15, 0.2) is 6.61 Å². The maximum atomic E-state index is 13.1. The minimum atomic E-state index is -2.61. The number of nitrogens with zero attached hydrogens (tertiary/aromatic N) is 3. The Labute approximate surface area is 206 Å². The van der Waals surface area contributed by atoms with Gasteiger partial charge in [-0.15, -0.1) is 0 Å². The molecule has 1 aliphatic rings. The summed E-state index contributed by atoms with van der Waals surface area (Å²) in [5, 5.41) is 10.8. The Kier molecular flexibility index (Phi) is 9.30. The summed E-state index contributed by atoms with van der Waals surface area (Å²) in [6.07, 6.45) is 2.23. The number of β-amino-alcohol motifs (C(OH)–C–C–N with tert-alkyl or cyclic N) is 1. The number of carbonyl (C=O) groups excluding carboxylic acids is 1. The van der Waals surface area contributed by atoms with E-state index < -0.39 is 10.5 Å². The first-order valence-electron chi connectivity index (χ1n) is 11.2. The molecule has 10 heteroatoms. The number of hydrogen-bond donors (Lipinski definition) is 2. The molecule has 0 radical (unpaired) electrons. The number of aryl methyl sites for hydroxylation is 1. The molecule has 2 heterocycles. The van der Waals surface area contributed by atoms with Gasteiger partial charge in [-0.2, -0.15) is 13.2 Å². The number of hydrogen-bond acceptors (Lipinski definition) is 8.